The highest BCUT2D eigenvalue weighted by Gasteiger charge is 2.38. The maximum absolute atomic E-state index is 12.6. The van der Waals surface area contributed by atoms with E-state index in [2.05, 4.69) is 20.6 Å². The van der Waals surface area contributed by atoms with Gasteiger partial charge in [0.05, 0.1) is 18.4 Å². The van der Waals surface area contributed by atoms with Crippen molar-refractivity contribution in [3.8, 4) is 22.5 Å². The van der Waals surface area contributed by atoms with Crippen molar-refractivity contribution in [1.82, 2.24) is 29.4 Å². The number of rotatable bonds is 5. The van der Waals surface area contributed by atoms with Gasteiger partial charge in [0.2, 0.25) is 5.95 Å². The highest BCUT2D eigenvalue weighted by atomic mass is 19.4. The van der Waals surface area contributed by atoms with Gasteiger partial charge in [0.25, 0.3) is 0 Å². The van der Waals surface area contributed by atoms with Crippen molar-refractivity contribution in [1.29, 1.82) is 0 Å². The smallest absolute Gasteiger partial charge is 0.382 e. The third-order valence-corrected chi connectivity index (χ3v) is 4.55. The van der Waals surface area contributed by atoms with Gasteiger partial charge in [-0.2, -0.15) is 18.3 Å². The molecule has 0 aliphatic heterocycles. The number of halogens is 3. The Morgan fingerprint density at radius 2 is 1.83 bits per heavy atom. The van der Waals surface area contributed by atoms with Crippen LogP contribution in [-0.2, 0) is 7.05 Å². The van der Waals surface area contributed by atoms with Crippen LogP contribution >= 0.6 is 0 Å². The van der Waals surface area contributed by atoms with Crippen molar-refractivity contribution in [3.05, 3.63) is 48.4 Å². The zero-order chi connectivity index (χ0) is 21.5. The summed E-state index contributed by atoms with van der Waals surface area (Å²) in [5.41, 5.74) is 4.01. The van der Waals surface area contributed by atoms with E-state index in [1.54, 1.807) is 30.3 Å². The normalized spacial score (nSPS) is 13.0. The van der Waals surface area contributed by atoms with Crippen molar-refractivity contribution in [2.75, 3.05) is 11.9 Å². The summed E-state index contributed by atoms with van der Waals surface area (Å²) in [6.45, 7) is 1.21. The number of aryl methyl sites for hydroxylation is 2. The fraction of sp³-hybridized carbons (Fsp3) is 0.263. The van der Waals surface area contributed by atoms with Crippen LogP contribution in [0, 0.1) is 6.92 Å². The summed E-state index contributed by atoms with van der Waals surface area (Å²) >= 11 is 0. The molecule has 156 valence electrons. The van der Waals surface area contributed by atoms with Gasteiger partial charge in [0, 0.05) is 30.6 Å². The molecule has 3 aromatic heterocycles. The molecule has 0 amide bonds. The summed E-state index contributed by atoms with van der Waals surface area (Å²) in [6, 6.07) is 7.69. The molecule has 0 saturated heterocycles. The molecule has 1 aromatic carbocycles. The monoisotopic (exact) mass is 417 g/mol. The molecule has 0 spiro atoms. The first-order valence-corrected chi connectivity index (χ1v) is 9.03. The maximum Gasteiger partial charge on any atom is 0.416 e. The van der Waals surface area contributed by atoms with Gasteiger partial charge in [0.15, 0.2) is 11.8 Å². The van der Waals surface area contributed by atoms with E-state index >= 15 is 0 Å². The second-order valence-corrected chi connectivity index (χ2v) is 6.90. The Morgan fingerprint density at radius 1 is 1.10 bits per heavy atom. The Kier molecular flexibility index (Phi) is 4.90. The van der Waals surface area contributed by atoms with Gasteiger partial charge in [-0.25, -0.2) is 4.98 Å². The lowest BCUT2D eigenvalue weighted by Crippen LogP contribution is -2.35. The maximum atomic E-state index is 12.6. The number of aromatic nitrogens is 6. The standard InChI is InChI=1S/C19H18F3N7O/c1-11-3-5-12(6-4-11)14-10-29-17(16(25-14)13-7-24-28(2)9-13)26-27-18(29)23-8-15(30)19(20,21)22/h3-7,9-10,15,30H,8H2,1-2H3,(H,23,27). The van der Waals surface area contributed by atoms with Crippen molar-refractivity contribution >= 4 is 11.6 Å². The lowest BCUT2D eigenvalue weighted by molar-refractivity contribution is -0.198. The quantitative estimate of drug-likeness (QED) is 0.519. The average Bonchev–Trinajstić information content (AvgIpc) is 3.31. The number of anilines is 1. The predicted molar refractivity (Wildman–Crippen MR) is 104 cm³/mol. The van der Waals surface area contributed by atoms with Crippen LogP contribution in [0.1, 0.15) is 5.56 Å². The van der Waals surface area contributed by atoms with Crippen LogP contribution in [0.4, 0.5) is 19.1 Å². The Morgan fingerprint density at radius 3 is 2.47 bits per heavy atom. The number of benzene rings is 1. The first-order valence-electron chi connectivity index (χ1n) is 9.03. The van der Waals surface area contributed by atoms with E-state index in [9.17, 15) is 18.3 Å². The van der Waals surface area contributed by atoms with Crippen LogP contribution in [0.5, 0.6) is 0 Å². The summed E-state index contributed by atoms with van der Waals surface area (Å²) < 4.78 is 41.1. The molecular weight excluding hydrogens is 399 g/mol. The molecule has 0 bridgehead atoms. The van der Waals surface area contributed by atoms with E-state index in [1.165, 1.54) is 4.40 Å². The largest absolute Gasteiger partial charge is 0.416 e. The summed E-state index contributed by atoms with van der Waals surface area (Å²) in [4.78, 5) is 4.70. The summed E-state index contributed by atoms with van der Waals surface area (Å²) in [5.74, 6) is 0.0641. The highest BCUT2D eigenvalue weighted by molar-refractivity contribution is 5.77. The molecule has 4 rings (SSSR count). The van der Waals surface area contributed by atoms with Gasteiger partial charge in [-0.1, -0.05) is 29.8 Å². The zero-order valence-corrected chi connectivity index (χ0v) is 16.1. The minimum absolute atomic E-state index is 0.0641. The number of nitrogens with one attached hydrogen (secondary N) is 1. The molecule has 3 heterocycles. The number of alkyl halides is 3. The van der Waals surface area contributed by atoms with Gasteiger partial charge in [-0.05, 0) is 6.92 Å². The average molecular weight is 417 g/mol. The Hall–Kier alpha value is -3.47. The van der Waals surface area contributed by atoms with Gasteiger partial charge >= 0.3 is 6.18 Å². The van der Waals surface area contributed by atoms with Crippen molar-refractivity contribution < 1.29 is 18.3 Å². The van der Waals surface area contributed by atoms with Crippen LogP contribution in [0.3, 0.4) is 0 Å². The van der Waals surface area contributed by atoms with Crippen LogP contribution in [0.15, 0.2) is 42.9 Å². The molecule has 11 heteroatoms. The van der Waals surface area contributed by atoms with Gasteiger partial charge < -0.3 is 10.4 Å². The second kappa shape index (κ2) is 7.41. The molecule has 0 saturated carbocycles. The van der Waals surface area contributed by atoms with Crippen LogP contribution in [-0.4, -0.2) is 53.3 Å². The fourth-order valence-corrected chi connectivity index (χ4v) is 2.92. The molecule has 2 N–H and O–H groups in total. The van der Waals surface area contributed by atoms with E-state index < -0.39 is 18.8 Å². The molecule has 0 fully saturated rings. The second-order valence-electron chi connectivity index (χ2n) is 6.90. The van der Waals surface area contributed by atoms with E-state index in [-0.39, 0.29) is 5.95 Å². The number of hydrogen-bond donors (Lipinski definition) is 2. The minimum Gasteiger partial charge on any atom is -0.382 e. The van der Waals surface area contributed by atoms with E-state index in [0.717, 1.165) is 11.1 Å². The predicted octanol–water partition coefficient (Wildman–Crippen LogP) is 2.84. The topological polar surface area (TPSA) is 93.2 Å². The highest BCUT2D eigenvalue weighted by Crippen LogP contribution is 2.28. The van der Waals surface area contributed by atoms with Gasteiger partial charge in [-0.3, -0.25) is 9.08 Å². The van der Waals surface area contributed by atoms with Crippen LogP contribution < -0.4 is 5.32 Å². The molecule has 30 heavy (non-hydrogen) atoms. The van der Waals surface area contributed by atoms with E-state index in [4.69, 9.17) is 4.98 Å². The first kappa shape index (κ1) is 19.8. The van der Waals surface area contributed by atoms with Crippen LogP contribution in [0.2, 0.25) is 0 Å². The van der Waals surface area contributed by atoms with E-state index in [0.29, 0.717) is 22.6 Å². The zero-order valence-electron chi connectivity index (χ0n) is 16.1. The van der Waals surface area contributed by atoms with Gasteiger partial charge in [0.1, 0.15) is 5.69 Å². The molecule has 0 aliphatic rings. The summed E-state index contributed by atoms with van der Waals surface area (Å²) in [5, 5.41) is 24.0. The Bertz CT molecular complexity index is 1180. The molecule has 0 radical (unpaired) electrons. The van der Waals surface area contributed by atoms with Crippen molar-refractivity contribution in [3.63, 3.8) is 0 Å². The molecule has 0 aliphatic carbocycles. The third kappa shape index (κ3) is 3.83. The SMILES string of the molecule is Cc1ccc(-c2cn3c(NCC(O)C(F)(F)F)nnc3c(-c3cnn(C)c3)n2)cc1. The third-order valence-electron chi connectivity index (χ3n) is 4.55. The molecule has 8 nitrogen and oxygen atoms in total. The molecule has 1 unspecified atom stereocenters. The first-order chi connectivity index (χ1) is 14.2. The Labute approximate surface area is 169 Å². The number of aliphatic hydroxyl groups excluding tert-OH is 1. The number of aliphatic hydroxyl groups is 1. The number of nitrogens with zero attached hydrogens (tertiary/aromatic N) is 6. The van der Waals surface area contributed by atoms with Gasteiger partial charge in [-0.15, -0.1) is 10.2 Å². The molecule has 1 atom stereocenters. The number of hydrogen-bond acceptors (Lipinski definition) is 6. The van der Waals surface area contributed by atoms with Crippen molar-refractivity contribution in [2.24, 2.45) is 7.05 Å². The number of fused-ring (bicyclic) bond motifs is 1. The summed E-state index contributed by atoms with van der Waals surface area (Å²) in [7, 11) is 1.76. The summed E-state index contributed by atoms with van der Waals surface area (Å²) in [6.07, 6.45) is -2.24. The Balaban J connectivity index is 1.81. The lowest BCUT2D eigenvalue weighted by Gasteiger charge is -2.15. The van der Waals surface area contributed by atoms with Crippen molar-refractivity contribution in [2.45, 2.75) is 19.2 Å². The molecule has 4 aromatic rings. The minimum atomic E-state index is -4.73. The molecular formula is C19H18F3N7O. The van der Waals surface area contributed by atoms with Crippen LogP contribution in [0.25, 0.3) is 28.2 Å². The van der Waals surface area contributed by atoms with E-state index in [1.807, 2.05) is 31.2 Å². The lowest BCUT2D eigenvalue weighted by atomic mass is 10.1. The fourth-order valence-electron chi connectivity index (χ4n) is 2.92.